The molecule has 1 amide bonds. The number of aliphatic hydroxyl groups is 1. The summed E-state index contributed by atoms with van der Waals surface area (Å²) >= 11 is 0. The van der Waals surface area contributed by atoms with E-state index in [1.807, 2.05) is 60.7 Å². The van der Waals surface area contributed by atoms with E-state index >= 15 is 0 Å². The van der Waals surface area contributed by atoms with Gasteiger partial charge in [0, 0.05) is 29.9 Å². The number of carbonyl (C=O) groups excluding carboxylic acids is 2. The molecule has 0 fully saturated rings. The van der Waals surface area contributed by atoms with E-state index in [9.17, 15) is 19.1 Å². The summed E-state index contributed by atoms with van der Waals surface area (Å²) in [6.45, 7) is 8.31. The molecule has 6 heteroatoms. The SMILES string of the molecule is CC(=O)C[C@H](O)CC(C)CCn1c(-c2ccc(F)cc2)c(-c2ccccc2)c(C(=O)Nc2ccccc2)c1C(C)C. The highest BCUT2D eigenvalue weighted by molar-refractivity contribution is 6.12. The molecule has 3 aromatic carbocycles. The van der Waals surface area contributed by atoms with Crippen molar-refractivity contribution in [3.8, 4) is 22.4 Å². The first-order chi connectivity index (χ1) is 19.7. The molecule has 41 heavy (non-hydrogen) atoms. The Morgan fingerprint density at radius 3 is 2.07 bits per heavy atom. The van der Waals surface area contributed by atoms with Gasteiger partial charge >= 0.3 is 0 Å². The van der Waals surface area contributed by atoms with E-state index in [1.54, 1.807) is 12.1 Å². The molecule has 5 nitrogen and oxygen atoms in total. The molecule has 1 heterocycles. The highest BCUT2D eigenvalue weighted by Crippen LogP contribution is 2.42. The summed E-state index contributed by atoms with van der Waals surface area (Å²) in [4.78, 5) is 25.6. The Morgan fingerprint density at radius 2 is 1.49 bits per heavy atom. The largest absolute Gasteiger partial charge is 0.393 e. The van der Waals surface area contributed by atoms with E-state index in [4.69, 9.17) is 0 Å². The zero-order chi connectivity index (χ0) is 29.5. The molecule has 214 valence electrons. The van der Waals surface area contributed by atoms with Crippen LogP contribution in [0.5, 0.6) is 0 Å². The van der Waals surface area contributed by atoms with Gasteiger partial charge in [-0.05, 0) is 79.1 Å². The number of anilines is 1. The van der Waals surface area contributed by atoms with Crippen LogP contribution in [0.1, 0.15) is 68.9 Å². The van der Waals surface area contributed by atoms with Gasteiger partial charge in [-0.1, -0.05) is 69.3 Å². The van der Waals surface area contributed by atoms with Crippen LogP contribution in [0, 0.1) is 11.7 Å². The topological polar surface area (TPSA) is 71.3 Å². The number of Topliss-reactive ketones (excluding diaryl/α,β-unsaturated/α-hetero) is 1. The van der Waals surface area contributed by atoms with Crippen molar-refractivity contribution in [3.63, 3.8) is 0 Å². The zero-order valence-corrected chi connectivity index (χ0v) is 24.2. The van der Waals surface area contributed by atoms with E-state index in [0.29, 0.717) is 24.2 Å². The fourth-order valence-corrected chi connectivity index (χ4v) is 5.56. The third-order valence-electron chi connectivity index (χ3n) is 7.33. The van der Waals surface area contributed by atoms with Crippen molar-refractivity contribution < 1.29 is 19.1 Å². The Hall–Kier alpha value is -4.03. The van der Waals surface area contributed by atoms with Gasteiger partial charge < -0.3 is 15.0 Å². The van der Waals surface area contributed by atoms with Crippen LogP contribution in [0.25, 0.3) is 22.4 Å². The van der Waals surface area contributed by atoms with Crippen molar-refractivity contribution in [2.75, 3.05) is 5.32 Å². The van der Waals surface area contributed by atoms with Gasteiger partial charge in [0.15, 0.2) is 0 Å². The van der Waals surface area contributed by atoms with Crippen molar-refractivity contribution in [1.82, 2.24) is 4.57 Å². The number of halogens is 1. The normalized spacial score (nSPS) is 12.8. The monoisotopic (exact) mass is 554 g/mol. The molecule has 0 saturated carbocycles. The van der Waals surface area contributed by atoms with Crippen molar-refractivity contribution in [2.45, 2.75) is 65.5 Å². The third-order valence-corrected chi connectivity index (χ3v) is 7.33. The molecule has 0 spiro atoms. The van der Waals surface area contributed by atoms with Gasteiger partial charge in [0.1, 0.15) is 11.6 Å². The number of hydrogen-bond donors (Lipinski definition) is 2. The number of benzene rings is 3. The molecule has 0 aliphatic carbocycles. The predicted molar refractivity (Wildman–Crippen MR) is 163 cm³/mol. The summed E-state index contributed by atoms with van der Waals surface area (Å²) in [5.41, 5.74) is 5.57. The maximum atomic E-state index is 14.1. The second-order valence-corrected chi connectivity index (χ2v) is 11.2. The Kier molecular flexibility index (Phi) is 9.90. The summed E-state index contributed by atoms with van der Waals surface area (Å²) < 4.78 is 16.3. The van der Waals surface area contributed by atoms with E-state index in [2.05, 4.69) is 30.7 Å². The molecule has 0 aliphatic heterocycles. The molecule has 0 radical (unpaired) electrons. The summed E-state index contributed by atoms with van der Waals surface area (Å²) in [7, 11) is 0. The van der Waals surface area contributed by atoms with Gasteiger partial charge in [-0.25, -0.2) is 4.39 Å². The standard InChI is InChI=1S/C35H39FN2O3/c1-23(2)33-32(35(41)37-29-13-9-6-10-14-29)31(26-11-7-5-8-12-26)34(27-15-17-28(36)18-16-27)38(33)20-19-24(3)21-30(40)22-25(4)39/h5-18,23-24,30,40H,19-22H2,1-4H3,(H,37,41)/t24?,30-/m1/s1. The number of ketones is 1. The molecule has 1 unspecified atom stereocenters. The van der Waals surface area contributed by atoms with Gasteiger partial charge in [-0.3, -0.25) is 9.59 Å². The molecule has 2 N–H and O–H groups in total. The van der Waals surface area contributed by atoms with Crippen LogP contribution in [-0.4, -0.2) is 27.5 Å². The van der Waals surface area contributed by atoms with Crippen LogP contribution >= 0.6 is 0 Å². The number of amides is 1. The molecule has 0 bridgehead atoms. The molecular formula is C35H39FN2O3. The lowest BCUT2D eigenvalue weighted by molar-refractivity contribution is -0.119. The van der Waals surface area contributed by atoms with Crippen molar-refractivity contribution in [1.29, 1.82) is 0 Å². The maximum Gasteiger partial charge on any atom is 0.258 e. The smallest absolute Gasteiger partial charge is 0.258 e. The van der Waals surface area contributed by atoms with Crippen LogP contribution in [0.2, 0.25) is 0 Å². The van der Waals surface area contributed by atoms with Crippen LogP contribution in [0.3, 0.4) is 0 Å². The summed E-state index contributed by atoms with van der Waals surface area (Å²) in [6.07, 6.45) is 0.705. The number of rotatable bonds is 12. The Morgan fingerprint density at radius 1 is 0.878 bits per heavy atom. The summed E-state index contributed by atoms with van der Waals surface area (Å²) in [5, 5.41) is 13.5. The Balaban J connectivity index is 1.89. The number of aliphatic hydroxyl groups excluding tert-OH is 1. The number of para-hydroxylation sites is 1. The minimum absolute atomic E-state index is 0.00166. The van der Waals surface area contributed by atoms with E-state index < -0.39 is 6.10 Å². The van der Waals surface area contributed by atoms with Crippen LogP contribution in [0.4, 0.5) is 10.1 Å². The number of carbonyl (C=O) groups is 2. The van der Waals surface area contributed by atoms with E-state index in [0.717, 1.165) is 34.5 Å². The average molecular weight is 555 g/mol. The first kappa shape index (κ1) is 29.9. The van der Waals surface area contributed by atoms with Crippen LogP contribution in [-0.2, 0) is 11.3 Å². The lowest BCUT2D eigenvalue weighted by Gasteiger charge is -2.20. The fraction of sp³-hybridized carbons (Fsp3) is 0.314. The van der Waals surface area contributed by atoms with E-state index in [1.165, 1.54) is 19.1 Å². The zero-order valence-electron chi connectivity index (χ0n) is 24.2. The molecule has 0 aliphatic rings. The number of nitrogens with zero attached hydrogens (tertiary/aromatic N) is 1. The lowest BCUT2D eigenvalue weighted by Crippen LogP contribution is -2.18. The van der Waals surface area contributed by atoms with Crippen molar-refractivity contribution >= 4 is 17.4 Å². The number of aromatic nitrogens is 1. The van der Waals surface area contributed by atoms with Crippen LogP contribution < -0.4 is 5.32 Å². The fourth-order valence-electron chi connectivity index (χ4n) is 5.56. The second kappa shape index (κ2) is 13.6. The second-order valence-electron chi connectivity index (χ2n) is 11.2. The van der Waals surface area contributed by atoms with Gasteiger partial charge in [0.25, 0.3) is 5.91 Å². The predicted octanol–water partition coefficient (Wildman–Crippen LogP) is 8.09. The Bertz CT molecular complexity index is 1460. The average Bonchev–Trinajstić information content (AvgIpc) is 3.28. The Labute approximate surface area is 242 Å². The molecule has 4 rings (SSSR count). The highest BCUT2D eigenvalue weighted by Gasteiger charge is 2.30. The molecular weight excluding hydrogens is 515 g/mol. The first-order valence-corrected chi connectivity index (χ1v) is 14.3. The molecule has 0 saturated heterocycles. The quantitative estimate of drug-likeness (QED) is 0.186. The van der Waals surface area contributed by atoms with Gasteiger partial charge in [0.05, 0.1) is 17.4 Å². The van der Waals surface area contributed by atoms with Gasteiger partial charge in [-0.15, -0.1) is 0 Å². The van der Waals surface area contributed by atoms with E-state index in [-0.39, 0.29) is 35.8 Å². The molecule has 4 aromatic rings. The van der Waals surface area contributed by atoms with Crippen molar-refractivity contribution in [3.05, 3.63) is 102 Å². The van der Waals surface area contributed by atoms with Gasteiger partial charge in [0.2, 0.25) is 0 Å². The maximum absolute atomic E-state index is 14.1. The summed E-state index contributed by atoms with van der Waals surface area (Å²) in [5.74, 6) is -0.424. The van der Waals surface area contributed by atoms with Gasteiger partial charge in [-0.2, -0.15) is 0 Å². The molecule has 2 atom stereocenters. The lowest BCUT2D eigenvalue weighted by atomic mass is 9.94. The highest BCUT2D eigenvalue weighted by atomic mass is 19.1. The number of hydrogen-bond acceptors (Lipinski definition) is 3. The van der Waals surface area contributed by atoms with Crippen LogP contribution in [0.15, 0.2) is 84.9 Å². The minimum Gasteiger partial charge on any atom is -0.393 e. The summed E-state index contributed by atoms with van der Waals surface area (Å²) in [6, 6.07) is 25.6. The third kappa shape index (κ3) is 7.39. The van der Waals surface area contributed by atoms with Crippen molar-refractivity contribution in [2.24, 2.45) is 5.92 Å². The molecule has 1 aromatic heterocycles. The number of nitrogens with one attached hydrogen (secondary N) is 1. The first-order valence-electron chi connectivity index (χ1n) is 14.3. The minimum atomic E-state index is -0.680.